The fourth-order valence-corrected chi connectivity index (χ4v) is 5.78. The maximum atomic E-state index is 13.5. The molecule has 3 fully saturated rings. The minimum absolute atomic E-state index is 0.132. The molecule has 1 spiro atoms. The Hall–Kier alpha value is -2.18. The van der Waals surface area contributed by atoms with E-state index >= 15 is 0 Å². The summed E-state index contributed by atoms with van der Waals surface area (Å²) >= 11 is 0. The highest BCUT2D eigenvalue weighted by molar-refractivity contribution is 6.74. The van der Waals surface area contributed by atoms with Gasteiger partial charge in [-0.15, -0.1) is 0 Å². The van der Waals surface area contributed by atoms with Crippen LogP contribution in [-0.4, -0.2) is 82.5 Å². The number of fused-ring (bicyclic) bond motifs is 1. The number of rotatable bonds is 5. The predicted octanol–water partition coefficient (Wildman–Crippen LogP) is 3.93. The number of ether oxygens (including phenoxy) is 6. The molecular weight excluding hydrogens is 486 g/mol. The van der Waals surface area contributed by atoms with E-state index in [9.17, 15) is 9.59 Å². The number of hydrogen-bond acceptors (Lipinski definition) is 9. The van der Waals surface area contributed by atoms with Crippen molar-refractivity contribution in [3.05, 3.63) is 23.8 Å². The van der Waals surface area contributed by atoms with Crippen LogP contribution in [0.15, 0.2) is 18.2 Å². The van der Waals surface area contributed by atoms with Gasteiger partial charge in [0.25, 0.3) is 11.7 Å². The standard InChI is InChI=1S/C25H37NO9Si/c1-23(2,3)36(8,9)35-20-19-18(32-24(4,5)33-19)13-31-25(20)14-26(22(28)34-25)21(27)16-11-10-15(29-6)12-17(16)30-7/h10-12,18-20H,13-14H2,1-9H3/t18-,19-,20+,25+/m1/s1. The summed E-state index contributed by atoms with van der Waals surface area (Å²) in [6.45, 7) is 14.2. The summed E-state index contributed by atoms with van der Waals surface area (Å²) in [5.74, 6) is -2.16. The monoisotopic (exact) mass is 523 g/mol. The summed E-state index contributed by atoms with van der Waals surface area (Å²) in [5, 5.41) is -0.134. The first-order valence-electron chi connectivity index (χ1n) is 12.1. The van der Waals surface area contributed by atoms with Gasteiger partial charge in [-0.05, 0) is 44.1 Å². The van der Waals surface area contributed by atoms with Gasteiger partial charge in [0.1, 0.15) is 36.4 Å². The SMILES string of the molecule is COc1ccc(C(=O)N2C[C@]3(OC[C@H]4OC(C)(C)O[C@H]4[C@@H]3O[Si](C)(C)C(C)(C)C)OC2=O)c(OC)c1. The second-order valence-electron chi connectivity index (χ2n) is 11.4. The maximum Gasteiger partial charge on any atom is 0.419 e. The zero-order valence-electron chi connectivity index (χ0n) is 22.5. The largest absolute Gasteiger partial charge is 0.497 e. The number of imide groups is 1. The van der Waals surface area contributed by atoms with Crippen molar-refractivity contribution in [2.24, 2.45) is 0 Å². The van der Waals surface area contributed by atoms with E-state index in [2.05, 4.69) is 33.9 Å². The number of methoxy groups -OCH3 is 2. The molecule has 3 aliphatic heterocycles. The van der Waals surface area contributed by atoms with Crippen LogP contribution in [0.1, 0.15) is 45.0 Å². The minimum Gasteiger partial charge on any atom is -0.497 e. The normalized spacial score (nSPS) is 29.8. The summed E-state index contributed by atoms with van der Waals surface area (Å²) in [7, 11) is 0.568. The van der Waals surface area contributed by atoms with E-state index < -0.39 is 50.2 Å². The zero-order valence-corrected chi connectivity index (χ0v) is 23.5. The first kappa shape index (κ1) is 26.9. The molecule has 4 atom stereocenters. The molecule has 36 heavy (non-hydrogen) atoms. The Morgan fingerprint density at radius 1 is 1.14 bits per heavy atom. The molecule has 10 nitrogen and oxygen atoms in total. The van der Waals surface area contributed by atoms with Gasteiger partial charge in [0.2, 0.25) is 0 Å². The van der Waals surface area contributed by atoms with Gasteiger partial charge in [-0.25, -0.2) is 9.69 Å². The number of benzene rings is 1. The summed E-state index contributed by atoms with van der Waals surface area (Å²) in [6, 6.07) is 4.77. The van der Waals surface area contributed by atoms with E-state index in [-0.39, 0.29) is 29.5 Å². The van der Waals surface area contributed by atoms with Crippen LogP contribution in [0.4, 0.5) is 4.79 Å². The van der Waals surface area contributed by atoms with Gasteiger partial charge in [0, 0.05) is 6.07 Å². The number of amides is 2. The van der Waals surface area contributed by atoms with E-state index in [1.165, 1.54) is 14.2 Å². The first-order chi connectivity index (χ1) is 16.6. The Bertz CT molecular complexity index is 1040. The fourth-order valence-electron chi connectivity index (χ4n) is 4.47. The summed E-state index contributed by atoms with van der Waals surface area (Å²) in [4.78, 5) is 27.7. The van der Waals surface area contributed by atoms with Crippen LogP contribution in [-0.2, 0) is 23.4 Å². The lowest BCUT2D eigenvalue weighted by atomic mass is 9.96. The molecule has 0 radical (unpaired) electrons. The molecule has 0 N–H and O–H groups in total. The van der Waals surface area contributed by atoms with Crippen LogP contribution in [0, 0.1) is 0 Å². The molecule has 0 bridgehead atoms. The maximum absolute atomic E-state index is 13.5. The molecule has 0 saturated carbocycles. The second-order valence-corrected chi connectivity index (χ2v) is 16.1. The Morgan fingerprint density at radius 3 is 2.44 bits per heavy atom. The molecular formula is C25H37NO9Si. The van der Waals surface area contributed by atoms with Crippen molar-refractivity contribution in [3.63, 3.8) is 0 Å². The number of carbonyl (C=O) groups is 2. The van der Waals surface area contributed by atoms with E-state index in [1.807, 2.05) is 13.8 Å². The molecule has 0 unspecified atom stereocenters. The summed E-state index contributed by atoms with van der Waals surface area (Å²) < 4.78 is 41.7. The van der Waals surface area contributed by atoms with Crippen molar-refractivity contribution in [1.82, 2.24) is 4.90 Å². The minimum atomic E-state index is -2.40. The van der Waals surface area contributed by atoms with Crippen molar-refractivity contribution in [2.75, 3.05) is 27.4 Å². The average Bonchev–Trinajstić information content (AvgIpc) is 3.30. The number of carbonyl (C=O) groups excluding carboxylic acids is 2. The third-order valence-electron chi connectivity index (χ3n) is 7.42. The lowest BCUT2D eigenvalue weighted by Gasteiger charge is -2.48. The average molecular weight is 524 g/mol. The molecule has 2 amide bonds. The van der Waals surface area contributed by atoms with E-state index in [0.717, 1.165) is 4.90 Å². The van der Waals surface area contributed by atoms with Crippen molar-refractivity contribution in [2.45, 2.75) is 82.6 Å². The van der Waals surface area contributed by atoms with Crippen LogP contribution in [0.3, 0.4) is 0 Å². The fraction of sp³-hybridized carbons (Fsp3) is 0.680. The topological polar surface area (TPSA) is 102 Å². The third-order valence-corrected chi connectivity index (χ3v) is 11.9. The van der Waals surface area contributed by atoms with Crippen LogP contribution in [0.2, 0.25) is 18.1 Å². The van der Waals surface area contributed by atoms with E-state index in [1.54, 1.807) is 18.2 Å². The molecule has 1 aromatic carbocycles. The molecule has 3 saturated heterocycles. The number of nitrogens with zero attached hydrogens (tertiary/aromatic N) is 1. The van der Waals surface area contributed by atoms with Crippen LogP contribution in [0.25, 0.3) is 0 Å². The lowest BCUT2D eigenvalue weighted by Crippen LogP contribution is -2.66. The van der Waals surface area contributed by atoms with Gasteiger partial charge in [-0.2, -0.15) is 0 Å². The highest BCUT2D eigenvalue weighted by Gasteiger charge is 2.65. The Kier molecular flexibility index (Phi) is 6.70. The molecule has 11 heteroatoms. The first-order valence-corrected chi connectivity index (χ1v) is 15.0. The van der Waals surface area contributed by atoms with Crippen molar-refractivity contribution in [3.8, 4) is 11.5 Å². The molecule has 4 rings (SSSR count). The Morgan fingerprint density at radius 2 is 1.83 bits per heavy atom. The quantitative estimate of drug-likeness (QED) is 0.531. The molecule has 0 aromatic heterocycles. The molecule has 1 aromatic rings. The summed E-state index contributed by atoms with van der Waals surface area (Å²) in [6.07, 6.45) is -2.55. The van der Waals surface area contributed by atoms with Gasteiger partial charge < -0.3 is 32.8 Å². The van der Waals surface area contributed by atoms with Crippen molar-refractivity contribution >= 4 is 20.3 Å². The number of hydrogen-bond donors (Lipinski definition) is 0. The lowest BCUT2D eigenvalue weighted by molar-refractivity contribution is -0.282. The van der Waals surface area contributed by atoms with Gasteiger partial charge in [-0.3, -0.25) is 4.79 Å². The van der Waals surface area contributed by atoms with Crippen LogP contribution >= 0.6 is 0 Å². The predicted molar refractivity (Wildman–Crippen MR) is 132 cm³/mol. The highest BCUT2D eigenvalue weighted by atomic mass is 28.4. The van der Waals surface area contributed by atoms with Crippen molar-refractivity contribution < 1.29 is 42.4 Å². The zero-order chi connectivity index (χ0) is 26.7. The van der Waals surface area contributed by atoms with Crippen LogP contribution in [0.5, 0.6) is 11.5 Å². The third kappa shape index (κ3) is 4.63. The van der Waals surface area contributed by atoms with E-state index in [4.69, 9.17) is 32.8 Å². The molecule has 200 valence electrons. The van der Waals surface area contributed by atoms with E-state index in [0.29, 0.717) is 5.75 Å². The summed E-state index contributed by atoms with van der Waals surface area (Å²) in [5.41, 5.74) is 0.199. The highest BCUT2D eigenvalue weighted by Crippen LogP contribution is 2.47. The van der Waals surface area contributed by atoms with Crippen LogP contribution < -0.4 is 9.47 Å². The van der Waals surface area contributed by atoms with Gasteiger partial charge >= 0.3 is 6.09 Å². The molecule has 3 aliphatic rings. The Labute approximate surface area is 213 Å². The second kappa shape index (κ2) is 8.98. The Balaban J connectivity index is 1.68. The molecule has 0 aliphatic carbocycles. The van der Waals surface area contributed by atoms with Crippen molar-refractivity contribution in [1.29, 1.82) is 0 Å². The smallest absolute Gasteiger partial charge is 0.419 e. The van der Waals surface area contributed by atoms with Gasteiger partial charge in [0.05, 0.1) is 26.4 Å². The van der Waals surface area contributed by atoms with Gasteiger partial charge in [-0.1, -0.05) is 20.8 Å². The molecule has 3 heterocycles. The van der Waals surface area contributed by atoms with Gasteiger partial charge in [0.15, 0.2) is 14.1 Å².